The molecular formula is C20H24N4O3S. The van der Waals surface area contributed by atoms with Gasteiger partial charge in [-0.3, -0.25) is 9.13 Å². The molecule has 3 heterocycles. The van der Waals surface area contributed by atoms with E-state index in [4.69, 9.17) is 0 Å². The fourth-order valence-electron chi connectivity index (χ4n) is 3.83. The van der Waals surface area contributed by atoms with Crippen molar-refractivity contribution >= 4 is 21.2 Å². The number of benzene rings is 1. The fourth-order valence-corrected chi connectivity index (χ4v) is 5.33. The topological polar surface area (TPSA) is 77.2 Å². The third-order valence-corrected chi connectivity index (χ3v) is 7.40. The second-order valence-electron chi connectivity index (χ2n) is 7.59. The zero-order valence-corrected chi connectivity index (χ0v) is 17.1. The zero-order valence-electron chi connectivity index (χ0n) is 16.2. The van der Waals surface area contributed by atoms with Gasteiger partial charge in [0.15, 0.2) is 5.65 Å². The molecule has 0 amide bonds. The predicted molar refractivity (Wildman–Crippen MR) is 108 cm³/mol. The lowest BCUT2D eigenvalue weighted by atomic mass is 10.0. The molecule has 0 bridgehead atoms. The summed E-state index contributed by atoms with van der Waals surface area (Å²) in [5.74, 6) is 0.346. The Balaban J connectivity index is 1.64. The minimum atomic E-state index is -3.59. The minimum Gasteiger partial charge on any atom is -0.293 e. The van der Waals surface area contributed by atoms with Gasteiger partial charge in [-0.05, 0) is 42.2 Å². The number of sulfonamides is 1. The Hall–Kier alpha value is -2.45. The van der Waals surface area contributed by atoms with Crippen molar-refractivity contribution in [3.8, 4) is 0 Å². The van der Waals surface area contributed by atoms with Crippen molar-refractivity contribution in [3.05, 3.63) is 58.6 Å². The number of fused-ring (bicyclic) bond motifs is 1. The first-order valence-corrected chi connectivity index (χ1v) is 10.9. The van der Waals surface area contributed by atoms with Crippen molar-refractivity contribution in [3.63, 3.8) is 0 Å². The van der Waals surface area contributed by atoms with E-state index >= 15 is 0 Å². The number of nitrogens with zero attached hydrogens (tertiary/aromatic N) is 4. The molecule has 4 rings (SSSR count). The van der Waals surface area contributed by atoms with Crippen molar-refractivity contribution < 1.29 is 8.42 Å². The first kappa shape index (κ1) is 18.9. The van der Waals surface area contributed by atoms with Crippen LogP contribution in [0.3, 0.4) is 0 Å². The van der Waals surface area contributed by atoms with E-state index in [0.717, 1.165) is 11.1 Å². The van der Waals surface area contributed by atoms with Gasteiger partial charge in [0.2, 0.25) is 10.0 Å². The van der Waals surface area contributed by atoms with Gasteiger partial charge in [0.1, 0.15) is 0 Å². The molecule has 7 nitrogen and oxygen atoms in total. The van der Waals surface area contributed by atoms with Gasteiger partial charge in [-0.25, -0.2) is 18.2 Å². The first-order valence-electron chi connectivity index (χ1n) is 9.42. The molecule has 1 aliphatic rings. The van der Waals surface area contributed by atoms with Crippen LogP contribution in [-0.2, 0) is 17.1 Å². The summed E-state index contributed by atoms with van der Waals surface area (Å²) in [6.45, 7) is 4.80. The van der Waals surface area contributed by atoms with Crippen LogP contribution in [0.2, 0.25) is 0 Å². The van der Waals surface area contributed by atoms with E-state index in [-0.39, 0.29) is 18.3 Å². The van der Waals surface area contributed by atoms with E-state index in [2.05, 4.69) is 18.8 Å². The lowest BCUT2D eigenvalue weighted by Gasteiger charge is -2.17. The van der Waals surface area contributed by atoms with Crippen LogP contribution in [0.1, 0.15) is 37.8 Å². The highest BCUT2D eigenvalue weighted by atomic mass is 32.2. The maximum Gasteiger partial charge on any atom is 0.330 e. The molecule has 1 atom stereocenters. The van der Waals surface area contributed by atoms with Gasteiger partial charge < -0.3 is 0 Å². The van der Waals surface area contributed by atoms with Crippen molar-refractivity contribution in [2.45, 2.75) is 37.1 Å². The summed E-state index contributed by atoms with van der Waals surface area (Å²) in [5.41, 5.74) is 2.28. The van der Waals surface area contributed by atoms with Gasteiger partial charge in [-0.1, -0.05) is 26.0 Å². The lowest BCUT2D eigenvalue weighted by molar-refractivity contribution is 0.449. The zero-order chi connectivity index (χ0) is 20.1. The number of rotatable bonds is 4. The molecule has 1 saturated heterocycles. The van der Waals surface area contributed by atoms with Crippen molar-refractivity contribution in [1.82, 2.24) is 18.4 Å². The Labute approximate surface area is 164 Å². The Morgan fingerprint density at radius 1 is 1.14 bits per heavy atom. The monoisotopic (exact) mass is 400 g/mol. The third kappa shape index (κ3) is 2.97. The predicted octanol–water partition coefficient (Wildman–Crippen LogP) is 2.49. The largest absolute Gasteiger partial charge is 0.330 e. The van der Waals surface area contributed by atoms with Crippen LogP contribution in [0.5, 0.6) is 0 Å². The number of aryl methyl sites for hydroxylation is 1. The molecule has 148 valence electrons. The molecule has 1 aliphatic heterocycles. The van der Waals surface area contributed by atoms with E-state index in [0.29, 0.717) is 29.4 Å². The molecule has 28 heavy (non-hydrogen) atoms. The maximum atomic E-state index is 13.1. The third-order valence-electron chi connectivity index (χ3n) is 5.52. The van der Waals surface area contributed by atoms with Crippen LogP contribution in [0.4, 0.5) is 0 Å². The average molecular weight is 401 g/mol. The smallest absolute Gasteiger partial charge is 0.293 e. The minimum absolute atomic E-state index is 0.167. The second-order valence-corrected chi connectivity index (χ2v) is 9.52. The second kappa shape index (κ2) is 6.86. The molecule has 0 spiro atoms. The van der Waals surface area contributed by atoms with Crippen LogP contribution < -0.4 is 5.69 Å². The number of pyridine rings is 1. The molecule has 1 fully saturated rings. The van der Waals surface area contributed by atoms with Gasteiger partial charge in [0.25, 0.3) is 0 Å². The van der Waals surface area contributed by atoms with Gasteiger partial charge in [0, 0.05) is 26.3 Å². The number of hydrogen-bond donors (Lipinski definition) is 0. The molecule has 3 aromatic rings. The molecule has 0 saturated carbocycles. The fraction of sp³-hybridized carbons (Fsp3) is 0.400. The average Bonchev–Trinajstić information content (AvgIpc) is 3.26. The van der Waals surface area contributed by atoms with Crippen LogP contribution >= 0.6 is 0 Å². The van der Waals surface area contributed by atoms with E-state index in [1.165, 1.54) is 4.31 Å². The first-order chi connectivity index (χ1) is 13.3. The standard InChI is InChI=1S/C20H24N4O3S/c1-14(2)15-6-8-17(9-7-15)28(26,27)23-12-10-16(13-23)24-19-18(5-4-11-21-19)22(3)20(24)25/h4-9,11,14,16H,10,12-13H2,1-3H3/t16-/m1/s1. The summed E-state index contributed by atoms with van der Waals surface area (Å²) >= 11 is 0. The number of imidazole rings is 1. The molecule has 2 aromatic heterocycles. The van der Waals surface area contributed by atoms with Crippen molar-refractivity contribution in [2.24, 2.45) is 7.05 Å². The summed E-state index contributed by atoms with van der Waals surface area (Å²) in [4.78, 5) is 17.4. The molecule has 0 N–H and O–H groups in total. The number of hydrogen-bond acceptors (Lipinski definition) is 4. The van der Waals surface area contributed by atoms with Crippen LogP contribution in [-0.4, -0.2) is 39.9 Å². The van der Waals surface area contributed by atoms with Crippen LogP contribution in [0, 0.1) is 0 Å². The van der Waals surface area contributed by atoms with Crippen molar-refractivity contribution in [2.75, 3.05) is 13.1 Å². The SMILES string of the molecule is CC(C)c1ccc(S(=O)(=O)N2CC[C@@H](n3c(=O)n(C)c4cccnc43)C2)cc1. The molecule has 0 radical (unpaired) electrons. The summed E-state index contributed by atoms with van der Waals surface area (Å²) < 4.78 is 30.8. The molecular weight excluding hydrogens is 376 g/mol. The van der Waals surface area contributed by atoms with Crippen LogP contribution in [0.15, 0.2) is 52.3 Å². The summed E-state index contributed by atoms with van der Waals surface area (Å²) in [7, 11) is -1.88. The van der Waals surface area contributed by atoms with Crippen molar-refractivity contribution in [1.29, 1.82) is 0 Å². The molecule has 0 aliphatic carbocycles. The van der Waals surface area contributed by atoms with E-state index < -0.39 is 10.0 Å². The Kier molecular flexibility index (Phi) is 4.63. The Morgan fingerprint density at radius 3 is 2.54 bits per heavy atom. The van der Waals surface area contributed by atoms with Gasteiger partial charge in [-0.15, -0.1) is 0 Å². The summed E-state index contributed by atoms with van der Waals surface area (Å²) in [5, 5.41) is 0. The molecule has 0 unspecified atom stereocenters. The van der Waals surface area contributed by atoms with E-state index in [1.807, 2.05) is 18.2 Å². The van der Waals surface area contributed by atoms with Gasteiger partial charge in [0.05, 0.1) is 16.5 Å². The quantitative estimate of drug-likeness (QED) is 0.674. The van der Waals surface area contributed by atoms with Gasteiger partial charge >= 0.3 is 5.69 Å². The van der Waals surface area contributed by atoms with E-state index in [1.54, 1.807) is 40.6 Å². The maximum absolute atomic E-state index is 13.1. The summed E-state index contributed by atoms with van der Waals surface area (Å²) in [6, 6.07) is 10.5. The van der Waals surface area contributed by atoms with Crippen LogP contribution in [0.25, 0.3) is 11.2 Å². The highest BCUT2D eigenvalue weighted by Crippen LogP contribution is 2.29. The lowest BCUT2D eigenvalue weighted by Crippen LogP contribution is -2.32. The number of aromatic nitrogens is 3. The Morgan fingerprint density at radius 2 is 1.86 bits per heavy atom. The Bertz CT molecular complexity index is 1180. The highest BCUT2D eigenvalue weighted by Gasteiger charge is 2.35. The van der Waals surface area contributed by atoms with Gasteiger partial charge in [-0.2, -0.15) is 4.31 Å². The molecule has 1 aromatic carbocycles. The molecule has 8 heteroatoms. The summed E-state index contributed by atoms with van der Waals surface area (Å²) in [6.07, 6.45) is 2.23. The highest BCUT2D eigenvalue weighted by molar-refractivity contribution is 7.89. The normalized spacial score (nSPS) is 18.4. The van der Waals surface area contributed by atoms with E-state index in [9.17, 15) is 13.2 Å².